The van der Waals surface area contributed by atoms with Crippen LogP contribution in [0.2, 0.25) is 0 Å². The first kappa shape index (κ1) is 27.9. The summed E-state index contributed by atoms with van der Waals surface area (Å²) in [7, 11) is 0. The predicted octanol–water partition coefficient (Wildman–Crippen LogP) is 5.28. The maximum absolute atomic E-state index is 12.3. The van der Waals surface area contributed by atoms with E-state index in [0.717, 1.165) is 42.0 Å². The van der Waals surface area contributed by atoms with Gasteiger partial charge in [-0.3, -0.25) is 4.79 Å². The van der Waals surface area contributed by atoms with Crippen LogP contribution in [-0.4, -0.2) is 46.2 Å². The number of esters is 1. The van der Waals surface area contributed by atoms with E-state index in [0.29, 0.717) is 17.9 Å². The Kier molecular flexibility index (Phi) is 9.29. The van der Waals surface area contributed by atoms with Crippen molar-refractivity contribution in [1.82, 2.24) is 0 Å². The molecule has 0 spiro atoms. The molecule has 8 heteroatoms. The summed E-state index contributed by atoms with van der Waals surface area (Å²) in [6.45, 7) is 9.08. The van der Waals surface area contributed by atoms with Crippen LogP contribution in [0.3, 0.4) is 0 Å². The fraction of sp³-hybridized carbons (Fsp3) is 0.500. The van der Waals surface area contributed by atoms with Crippen molar-refractivity contribution < 1.29 is 19.7 Å². The minimum absolute atomic E-state index is 0.0268. The van der Waals surface area contributed by atoms with Gasteiger partial charge in [-0.1, -0.05) is 38.6 Å². The summed E-state index contributed by atoms with van der Waals surface area (Å²) in [5.74, 6) is 0.434. The summed E-state index contributed by atoms with van der Waals surface area (Å²) in [5, 5.41) is 31.6. The Balaban J connectivity index is 2.03. The standard InChI is InChI=1S/C28H37N3O4S/c1-5-14-31(23-13-15-36-28(33,34)17-23)25-12-9-21(27(3,4)18-26(32)35-6-2)16-24(25)30-22-10-7-20(19-29)8-11-22/h7-12,16,23,30,33-34H,5-6,13-15,17-18H2,1-4H3. The van der Waals surface area contributed by atoms with E-state index in [1.807, 2.05) is 32.0 Å². The van der Waals surface area contributed by atoms with E-state index in [1.54, 1.807) is 19.1 Å². The first-order valence-corrected chi connectivity index (χ1v) is 13.5. The molecule has 0 aliphatic carbocycles. The third-order valence-electron chi connectivity index (χ3n) is 6.46. The molecule has 194 valence electrons. The van der Waals surface area contributed by atoms with Gasteiger partial charge in [-0.2, -0.15) is 5.26 Å². The molecule has 2 aromatic carbocycles. The third kappa shape index (κ3) is 7.16. The summed E-state index contributed by atoms with van der Waals surface area (Å²) in [5.41, 5.74) is 3.79. The van der Waals surface area contributed by atoms with Crippen LogP contribution in [0, 0.1) is 11.3 Å². The zero-order valence-electron chi connectivity index (χ0n) is 21.6. The molecular formula is C28H37N3O4S. The molecule has 1 saturated heterocycles. The number of nitrogens with zero attached hydrogens (tertiary/aromatic N) is 2. The molecule has 36 heavy (non-hydrogen) atoms. The van der Waals surface area contributed by atoms with Gasteiger partial charge in [0.2, 0.25) is 5.12 Å². The second kappa shape index (κ2) is 12.0. The van der Waals surface area contributed by atoms with Crippen LogP contribution in [0.25, 0.3) is 0 Å². The monoisotopic (exact) mass is 511 g/mol. The fourth-order valence-corrected chi connectivity index (χ4v) is 5.63. The lowest BCUT2D eigenvalue weighted by Crippen LogP contribution is -2.45. The molecule has 0 saturated carbocycles. The second-order valence-corrected chi connectivity index (χ2v) is 11.2. The highest BCUT2D eigenvalue weighted by Crippen LogP contribution is 2.41. The molecule has 1 aliphatic rings. The SMILES string of the molecule is CCCN(c1ccc(C(C)(C)CC(=O)OCC)cc1Nc1ccc(C#N)cc1)C1CCSC(O)(O)C1. The van der Waals surface area contributed by atoms with Gasteiger partial charge in [0, 0.05) is 35.9 Å². The minimum Gasteiger partial charge on any atom is -0.466 e. The summed E-state index contributed by atoms with van der Waals surface area (Å²) in [4.78, 5) is 14.5. The number of carbonyl (C=O) groups is 1. The maximum atomic E-state index is 12.3. The number of nitrogens with one attached hydrogen (secondary N) is 1. The van der Waals surface area contributed by atoms with Crippen molar-refractivity contribution in [1.29, 1.82) is 5.26 Å². The van der Waals surface area contributed by atoms with E-state index in [2.05, 4.69) is 35.3 Å². The predicted molar refractivity (Wildman–Crippen MR) is 145 cm³/mol. The van der Waals surface area contributed by atoms with E-state index in [-0.39, 0.29) is 24.9 Å². The number of hydrogen-bond acceptors (Lipinski definition) is 8. The highest BCUT2D eigenvalue weighted by Gasteiger charge is 2.36. The minimum atomic E-state index is -1.74. The van der Waals surface area contributed by atoms with Crippen molar-refractivity contribution in [2.24, 2.45) is 0 Å². The molecule has 3 rings (SSSR count). The van der Waals surface area contributed by atoms with Crippen molar-refractivity contribution in [2.45, 2.75) is 70.0 Å². The lowest BCUT2D eigenvalue weighted by Gasteiger charge is -2.41. The first-order valence-electron chi connectivity index (χ1n) is 12.5. The van der Waals surface area contributed by atoms with Gasteiger partial charge in [-0.05, 0) is 61.7 Å². The second-order valence-electron chi connectivity index (χ2n) is 9.84. The van der Waals surface area contributed by atoms with Crippen molar-refractivity contribution in [2.75, 3.05) is 29.1 Å². The quantitative estimate of drug-likeness (QED) is 0.292. The number of ether oxygens (including phenoxy) is 1. The molecule has 0 bridgehead atoms. The van der Waals surface area contributed by atoms with Gasteiger partial charge in [0.1, 0.15) is 0 Å². The van der Waals surface area contributed by atoms with Gasteiger partial charge in [0.25, 0.3) is 0 Å². The van der Waals surface area contributed by atoms with Crippen LogP contribution in [0.5, 0.6) is 0 Å². The number of rotatable bonds is 10. The molecule has 0 aromatic heterocycles. The van der Waals surface area contributed by atoms with Crippen LogP contribution in [0.15, 0.2) is 42.5 Å². The molecule has 1 atom stereocenters. The number of anilines is 3. The maximum Gasteiger partial charge on any atom is 0.306 e. The van der Waals surface area contributed by atoms with E-state index in [1.165, 1.54) is 11.8 Å². The molecule has 1 heterocycles. The zero-order chi connectivity index (χ0) is 26.3. The summed E-state index contributed by atoms with van der Waals surface area (Å²) >= 11 is 1.18. The Morgan fingerprint density at radius 1 is 1.25 bits per heavy atom. The molecule has 2 aromatic rings. The normalized spacial score (nSPS) is 17.2. The van der Waals surface area contributed by atoms with Crippen LogP contribution >= 0.6 is 11.8 Å². The largest absolute Gasteiger partial charge is 0.466 e. The van der Waals surface area contributed by atoms with E-state index >= 15 is 0 Å². The van der Waals surface area contributed by atoms with Gasteiger partial charge >= 0.3 is 5.97 Å². The van der Waals surface area contributed by atoms with E-state index < -0.39 is 10.5 Å². The number of hydrogen-bond donors (Lipinski definition) is 3. The molecule has 1 fully saturated rings. The first-order chi connectivity index (χ1) is 17.1. The lowest BCUT2D eigenvalue weighted by atomic mass is 9.81. The summed E-state index contributed by atoms with van der Waals surface area (Å²) < 4.78 is 5.20. The van der Waals surface area contributed by atoms with Gasteiger partial charge in [-0.15, -0.1) is 0 Å². The van der Waals surface area contributed by atoms with E-state index in [9.17, 15) is 15.0 Å². The number of carbonyl (C=O) groups excluding carboxylic acids is 1. The number of thioether (sulfide) groups is 1. The molecule has 0 radical (unpaired) electrons. The topological polar surface area (TPSA) is 106 Å². The number of aliphatic hydroxyl groups is 2. The van der Waals surface area contributed by atoms with Gasteiger partial charge < -0.3 is 25.2 Å². The van der Waals surface area contributed by atoms with Gasteiger partial charge in [0.05, 0.1) is 36.0 Å². The molecule has 1 aliphatic heterocycles. The Morgan fingerprint density at radius 3 is 2.58 bits per heavy atom. The average Bonchev–Trinajstić information content (AvgIpc) is 2.82. The van der Waals surface area contributed by atoms with Crippen LogP contribution < -0.4 is 10.2 Å². The van der Waals surface area contributed by atoms with Gasteiger partial charge in [-0.25, -0.2) is 0 Å². The number of nitriles is 1. The molecule has 3 N–H and O–H groups in total. The molecule has 1 unspecified atom stereocenters. The zero-order valence-corrected chi connectivity index (χ0v) is 22.4. The highest BCUT2D eigenvalue weighted by molar-refractivity contribution is 8.00. The lowest BCUT2D eigenvalue weighted by molar-refractivity contribution is -0.144. The van der Waals surface area contributed by atoms with Crippen molar-refractivity contribution in [3.8, 4) is 6.07 Å². The average molecular weight is 512 g/mol. The Morgan fingerprint density at radius 2 is 1.97 bits per heavy atom. The van der Waals surface area contributed by atoms with Gasteiger partial charge in [0.15, 0.2) is 0 Å². The molecular weight excluding hydrogens is 474 g/mol. The Labute approximate surface area is 218 Å². The smallest absolute Gasteiger partial charge is 0.306 e. The Bertz CT molecular complexity index is 1080. The van der Waals surface area contributed by atoms with Crippen LogP contribution in [-0.2, 0) is 14.9 Å². The molecule has 0 amide bonds. The highest BCUT2D eigenvalue weighted by atomic mass is 32.2. The fourth-order valence-electron chi connectivity index (χ4n) is 4.60. The van der Waals surface area contributed by atoms with Crippen molar-refractivity contribution >= 4 is 34.8 Å². The van der Waals surface area contributed by atoms with E-state index in [4.69, 9.17) is 10.00 Å². The van der Waals surface area contributed by atoms with Crippen molar-refractivity contribution in [3.63, 3.8) is 0 Å². The van der Waals surface area contributed by atoms with Crippen LogP contribution in [0.1, 0.15) is 64.5 Å². The van der Waals surface area contributed by atoms with Crippen molar-refractivity contribution in [3.05, 3.63) is 53.6 Å². The summed E-state index contributed by atoms with van der Waals surface area (Å²) in [6, 6.07) is 15.6. The summed E-state index contributed by atoms with van der Waals surface area (Å²) in [6.07, 6.45) is 2.26. The van der Waals surface area contributed by atoms with Crippen LogP contribution in [0.4, 0.5) is 17.1 Å². The number of benzene rings is 2. The Hall–Kier alpha value is -2.73. The third-order valence-corrected chi connectivity index (χ3v) is 7.53. The molecule has 7 nitrogen and oxygen atoms in total.